The highest BCUT2D eigenvalue weighted by atomic mass is 16.2. The van der Waals surface area contributed by atoms with Gasteiger partial charge in [-0.15, -0.1) is 0 Å². The average molecular weight is 260 g/mol. The number of amides is 2. The van der Waals surface area contributed by atoms with Crippen molar-refractivity contribution >= 4 is 17.5 Å². The molecule has 0 aromatic heterocycles. The normalized spacial score (nSPS) is 23.2. The van der Waals surface area contributed by atoms with E-state index in [1.165, 1.54) is 4.90 Å². The zero-order valence-corrected chi connectivity index (χ0v) is 11.6. The molecule has 1 aromatic carbocycles. The summed E-state index contributed by atoms with van der Waals surface area (Å²) in [5, 5.41) is 3.23. The second kappa shape index (κ2) is 5.53. The summed E-state index contributed by atoms with van der Waals surface area (Å²) in [6.45, 7) is 7.17. The highest BCUT2D eigenvalue weighted by Crippen LogP contribution is 2.32. The molecule has 1 aliphatic rings. The third-order valence-corrected chi connectivity index (χ3v) is 3.77. The van der Waals surface area contributed by atoms with E-state index in [0.29, 0.717) is 6.54 Å². The largest absolute Gasteiger partial charge is 0.313 e. The van der Waals surface area contributed by atoms with Gasteiger partial charge in [-0.25, -0.2) is 4.90 Å². The van der Waals surface area contributed by atoms with Gasteiger partial charge in [-0.2, -0.15) is 0 Å². The van der Waals surface area contributed by atoms with Gasteiger partial charge in [0.1, 0.15) is 0 Å². The third kappa shape index (κ3) is 2.40. The Balaban J connectivity index is 2.36. The van der Waals surface area contributed by atoms with Gasteiger partial charge in [0.05, 0.1) is 5.69 Å². The zero-order chi connectivity index (χ0) is 14.0. The maximum Gasteiger partial charge on any atom is 0.237 e. The van der Waals surface area contributed by atoms with Crippen molar-refractivity contribution in [3.05, 3.63) is 29.8 Å². The molecule has 2 amide bonds. The lowest BCUT2D eigenvalue weighted by molar-refractivity contribution is -0.122. The third-order valence-electron chi connectivity index (χ3n) is 3.77. The molecule has 0 spiro atoms. The number of hydrogen-bond donors (Lipinski definition) is 1. The van der Waals surface area contributed by atoms with Crippen LogP contribution < -0.4 is 10.2 Å². The smallest absolute Gasteiger partial charge is 0.237 e. The number of benzene rings is 1. The fourth-order valence-corrected chi connectivity index (χ4v) is 2.32. The van der Waals surface area contributed by atoms with Gasteiger partial charge in [0.15, 0.2) is 0 Å². The van der Waals surface area contributed by atoms with Crippen molar-refractivity contribution in [3.8, 4) is 0 Å². The molecule has 0 bridgehead atoms. The van der Waals surface area contributed by atoms with Gasteiger partial charge in [-0.05, 0) is 18.2 Å². The first kappa shape index (κ1) is 13.7. The molecule has 1 saturated heterocycles. The lowest BCUT2D eigenvalue weighted by atomic mass is 10.00. The lowest BCUT2D eigenvalue weighted by Crippen LogP contribution is -2.32. The molecule has 19 heavy (non-hydrogen) atoms. The molecule has 0 aliphatic carbocycles. The molecule has 102 valence electrons. The van der Waals surface area contributed by atoms with E-state index in [-0.39, 0.29) is 23.7 Å². The number of imide groups is 1. The first-order valence-electron chi connectivity index (χ1n) is 6.74. The lowest BCUT2D eigenvalue weighted by Gasteiger charge is -2.18. The molecule has 1 N–H and O–H groups in total. The van der Waals surface area contributed by atoms with E-state index < -0.39 is 0 Å². The van der Waals surface area contributed by atoms with E-state index in [1.54, 1.807) is 0 Å². The summed E-state index contributed by atoms with van der Waals surface area (Å²) in [5.41, 5.74) is 1.70. The monoisotopic (exact) mass is 260 g/mol. The molecule has 4 nitrogen and oxygen atoms in total. The molecule has 1 heterocycles. The predicted octanol–water partition coefficient (Wildman–Crippen LogP) is 1.94. The first-order valence-corrected chi connectivity index (χ1v) is 6.74. The molecule has 2 rings (SSSR count). The second-order valence-corrected chi connectivity index (χ2v) is 5.00. The standard InChI is InChI=1S/C15H20N2O2/c1-4-16-9-12-7-5-6-8-13(12)17-14(18)10(2)11(3)15(17)19/h5-8,10-11,16H,4,9H2,1-3H3. The van der Waals surface area contributed by atoms with Crippen LogP contribution in [-0.4, -0.2) is 18.4 Å². The number of hydrogen-bond acceptors (Lipinski definition) is 3. The fraction of sp³-hybridized carbons (Fsp3) is 0.467. The van der Waals surface area contributed by atoms with Crippen molar-refractivity contribution in [1.29, 1.82) is 0 Å². The van der Waals surface area contributed by atoms with E-state index in [4.69, 9.17) is 0 Å². The highest BCUT2D eigenvalue weighted by Gasteiger charge is 2.43. The minimum Gasteiger partial charge on any atom is -0.313 e. The molecule has 0 saturated carbocycles. The van der Waals surface area contributed by atoms with Gasteiger partial charge < -0.3 is 5.32 Å². The summed E-state index contributed by atoms with van der Waals surface area (Å²) in [5.74, 6) is -0.665. The number of carbonyl (C=O) groups is 2. The van der Waals surface area contributed by atoms with Crippen molar-refractivity contribution in [2.75, 3.05) is 11.4 Å². The molecule has 2 atom stereocenters. The van der Waals surface area contributed by atoms with E-state index in [0.717, 1.165) is 17.8 Å². The van der Waals surface area contributed by atoms with E-state index >= 15 is 0 Å². The highest BCUT2D eigenvalue weighted by molar-refractivity contribution is 6.22. The Labute approximate surface area is 113 Å². The van der Waals surface area contributed by atoms with Crippen molar-refractivity contribution in [2.45, 2.75) is 27.3 Å². The maximum atomic E-state index is 12.2. The molecular weight excluding hydrogens is 240 g/mol. The molecule has 1 aliphatic heterocycles. The minimum absolute atomic E-state index is 0.0959. The Bertz CT molecular complexity index is 479. The number of para-hydroxylation sites is 1. The van der Waals surface area contributed by atoms with Gasteiger partial charge in [0, 0.05) is 18.4 Å². The Morgan fingerprint density at radius 1 is 1.11 bits per heavy atom. The molecule has 1 fully saturated rings. The molecule has 4 heteroatoms. The van der Waals surface area contributed by atoms with Crippen molar-refractivity contribution < 1.29 is 9.59 Å². The van der Waals surface area contributed by atoms with Crippen LogP contribution in [0.1, 0.15) is 26.3 Å². The van der Waals surface area contributed by atoms with Crippen LogP contribution in [0.4, 0.5) is 5.69 Å². The number of rotatable bonds is 4. The van der Waals surface area contributed by atoms with Crippen molar-refractivity contribution in [3.63, 3.8) is 0 Å². The summed E-state index contributed by atoms with van der Waals surface area (Å²) in [7, 11) is 0. The summed E-state index contributed by atoms with van der Waals surface area (Å²) in [4.78, 5) is 25.8. The van der Waals surface area contributed by atoms with Crippen LogP contribution in [0.25, 0.3) is 0 Å². The van der Waals surface area contributed by atoms with Crippen LogP contribution in [0.2, 0.25) is 0 Å². The van der Waals surface area contributed by atoms with Crippen molar-refractivity contribution in [1.82, 2.24) is 5.32 Å². The molecule has 2 unspecified atom stereocenters. The topological polar surface area (TPSA) is 49.4 Å². The van der Waals surface area contributed by atoms with Crippen LogP contribution in [0.5, 0.6) is 0 Å². The predicted molar refractivity (Wildman–Crippen MR) is 74.6 cm³/mol. The first-order chi connectivity index (χ1) is 9.07. The van der Waals surface area contributed by atoms with E-state index in [9.17, 15) is 9.59 Å². The number of nitrogens with zero attached hydrogens (tertiary/aromatic N) is 1. The Morgan fingerprint density at radius 3 is 2.26 bits per heavy atom. The zero-order valence-electron chi connectivity index (χ0n) is 11.6. The van der Waals surface area contributed by atoms with Crippen LogP contribution in [0, 0.1) is 11.8 Å². The SMILES string of the molecule is CCNCc1ccccc1N1C(=O)C(C)C(C)C1=O. The Hall–Kier alpha value is -1.68. The van der Waals surface area contributed by atoms with Gasteiger partial charge >= 0.3 is 0 Å². The summed E-state index contributed by atoms with van der Waals surface area (Å²) < 4.78 is 0. The number of nitrogens with one attached hydrogen (secondary N) is 1. The van der Waals surface area contributed by atoms with Gasteiger partial charge in [-0.1, -0.05) is 39.0 Å². The Kier molecular flexibility index (Phi) is 4.00. The summed E-state index contributed by atoms with van der Waals surface area (Å²) in [6.07, 6.45) is 0. The summed E-state index contributed by atoms with van der Waals surface area (Å²) in [6, 6.07) is 7.58. The quantitative estimate of drug-likeness (QED) is 0.842. The number of carbonyl (C=O) groups excluding carboxylic acids is 2. The van der Waals surface area contributed by atoms with Gasteiger partial charge in [0.25, 0.3) is 0 Å². The van der Waals surface area contributed by atoms with Crippen LogP contribution in [0.15, 0.2) is 24.3 Å². The van der Waals surface area contributed by atoms with Crippen LogP contribution in [-0.2, 0) is 16.1 Å². The minimum atomic E-state index is -0.236. The van der Waals surface area contributed by atoms with E-state index in [2.05, 4.69) is 5.32 Å². The van der Waals surface area contributed by atoms with Crippen molar-refractivity contribution in [2.24, 2.45) is 11.8 Å². The number of anilines is 1. The molecule has 0 radical (unpaired) electrons. The Morgan fingerprint density at radius 2 is 1.68 bits per heavy atom. The molecule has 1 aromatic rings. The van der Waals surface area contributed by atoms with E-state index in [1.807, 2.05) is 45.0 Å². The average Bonchev–Trinajstić information content (AvgIpc) is 2.61. The van der Waals surface area contributed by atoms with Gasteiger partial charge in [-0.3, -0.25) is 9.59 Å². The second-order valence-electron chi connectivity index (χ2n) is 5.00. The van der Waals surface area contributed by atoms with Crippen LogP contribution in [0.3, 0.4) is 0 Å². The van der Waals surface area contributed by atoms with Crippen LogP contribution >= 0.6 is 0 Å². The summed E-state index contributed by atoms with van der Waals surface area (Å²) >= 11 is 0. The molecular formula is C15H20N2O2. The maximum absolute atomic E-state index is 12.2. The van der Waals surface area contributed by atoms with Gasteiger partial charge in [0.2, 0.25) is 11.8 Å². The fourth-order valence-electron chi connectivity index (χ4n) is 2.32.